The van der Waals surface area contributed by atoms with Crippen LogP contribution in [0.25, 0.3) is 0 Å². The molecule has 0 heterocycles. The lowest BCUT2D eigenvalue weighted by Crippen LogP contribution is -2.29. The highest BCUT2D eigenvalue weighted by Gasteiger charge is 2.21. The fourth-order valence-electron chi connectivity index (χ4n) is 1.75. The molecule has 6 nitrogen and oxygen atoms in total. The van der Waals surface area contributed by atoms with E-state index in [1.165, 1.54) is 12.1 Å². The SMILES string of the molecule is CCNc1c(C(=O)NCC(C)CC)cccc1[N+](=O)[O-]. The number of hydrogen-bond donors (Lipinski definition) is 2. The molecule has 0 bridgehead atoms. The highest BCUT2D eigenvalue weighted by Crippen LogP contribution is 2.28. The maximum atomic E-state index is 12.2. The van der Waals surface area contributed by atoms with Crippen LogP contribution in [-0.4, -0.2) is 23.9 Å². The van der Waals surface area contributed by atoms with Crippen molar-refractivity contribution in [2.75, 3.05) is 18.4 Å². The summed E-state index contributed by atoms with van der Waals surface area (Å²) in [5.41, 5.74) is 0.508. The Morgan fingerprint density at radius 1 is 1.40 bits per heavy atom. The van der Waals surface area contributed by atoms with Gasteiger partial charge in [0.1, 0.15) is 5.69 Å². The number of carbonyl (C=O) groups is 1. The largest absolute Gasteiger partial charge is 0.379 e. The van der Waals surface area contributed by atoms with Crippen LogP contribution >= 0.6 is 0 Å². The predicted octanol–water partition coefficient (Wildman–Crippen LogP) is 2.80. The summed E-state index contributed by atoms with van der Waals surface area (Å²) < 4.78 is 0. The van der Waals surface area contributed by atoms with Gasteiger partial charge in [-0.05, 0) is 18.9 Å². The molecule has 0 aliphatic rings. The normalized spacial score (nSPS) is 11.8. The molecule has 110 valence electrons. The third-order valence-electron chi connectivity index (χ3n) is 3.15. The molecule has 1 unspecified atom stereocenters. The third kappa shape index (κ3) is 3.94. The van der Waals surface area contributed by atoms with Crippen LogP contribution in [0.5, 0.6) is 0 Å². The van der Waals surface area contributed by atoms with Crippen molar-refractivity contribution in [2.24, 2.45) is 5.92 Å². The van der Waals surface area contributed by atoms with Gasteiger partial charge in [-0.3, -0.25) is 14.9 Å². The second-order valence-corrected chi connectivity index (χ2v) is 4.71. The van der Waals surface area contributed by atoms with Gasteiger partial charge in [-0.1, -0.05) is 26.3 Å². The molecule has 2 N–H and O–H groups in total. The van der Waals surface area contributed by atoms with E-state index in [4.69, 9.17) is 0 Å². The van der Waals surface area contributed by atoms with Crippen molar-refractivity contribution in [3.63, 3.8) is 0 Å². The Bertz CT molecular complexity index is 489. The molecule has 0 spiro atoms. The Balaban J connectivity index is 3.01. The third-order valence-corrected chi connectivity index (χ3v) is 3.15. The van der Waals surface area contributed by atoms with Crippen LogP contribution in [0.2, 0.25) is 0 Å². The molecule has 6 heteroatoms. The molecule has 0 aliphatic carbocycles. The molecule has 1 aromatic carbocycles. The summed E-state index contributed by atoms with van der Waals surface area (Å²) >= 11 is 0. The van der Waals surface area contributed by atoms with Gasteiger partial charge >= 0.3 is 0 Å². The highest BCUT2D eigenvalue weighted by atomic mass is 16.6. The van der Waals surface area contributed by atoms with Crippen LogP contribution in [0.1, 0.15) is 37.6 Å². The van der Waals surface area contributed by atoms with E-state index in [2.05, 4.69) is 10.6 Å². The van der Waals surface area contributed by atoms with E-state index < -0.39 is 4.92 Å². The Kier molecular flexibility index (Phi) is 5.96. The van der Waals surface area contributed by atoms with Gasteiger partial charge in [0.25, 0.3) is 11.6 Å². The Hall–Kier alpha value is -2.11. The molecule has 0 fully saturated rings. The fourth-order valence-corrected chi connectivity index (χ4v) is 1.75. The lowest BCUT2D eigenvalue weighted by Gasteiger charge is -2.13. The molecule has 0 aliphatic heterocycles. The molecular formula is C14H21N3O3. The van der Waals surface area contributed by atoms with Crippen molar-refractivity contribution in [1.29, 1.82) is 0 Å². The highest BCUT2D eigenvalue weighted by molar-refractivity contribution is 6.01. The minimum atomic E-state index is -0.483. The first-order chi connectivity index (χ1) is 9.51. The Labute approximate surface area is 118 Å². The van der Waals surface area contributed by atoms with E-state index >= 15 is 0 Å². The topological polar surface area (TPSA) is 84.3 Å². The number of amides is 1. The number of anilines is 1. The van der Waals surface area contributed by atoms with E-state index in [1.807, 2.05) is 20.8 Å². The van der Waals surface area contributed by atoms with Crippen LogP contribution in [0.15, 0.2) is 18.2 Å². The van der Waals surface area contributed by atoms with Crippen LogP contribution in [0, 0.1) is 16.0 Å². The molecular weight excluding hydrogens is 258 g/mol. The van der Waals surface area contributed by atoms with Gasteiger partial charge in [0.2, 0.25) is 0 Å². The van der Waals surface area contributed by atoms with Crippen molar-refractivity contribution in [3.05, 3.63) is 33.9 Å². The number of nitro groups is 1. The fraction of sp³-hybridized carbons (Fsp3) is 0.500. The number of carbonyl (C=O) groups excluding carboxylic acids is 1. The molecule has 0 saturated heterocycles. The van der Waals surface area contributed by atoms with Crippen LogP contribution in [0.4, 0.5) is 11.4 Å². The quantitative estimate of drug-likeness (QED) is 0.593. The van der Waals surface area contributed by atoms with E-state index in [0.29, 0.717) is 24.6 Å². The molecule has 0 aromatic heterocycles. The maximum Gasteiger partial charge on any atom is 0.293 e. The number of benzene rings is 1. The van der Waals surface area contributed by atoms with Gasteiger partial charge in [-0.25, -0.2) is 0 Å². The van der Waals surface area contributed by atoms with Crippen molar-refractivity contribution >= 4 is 17.3 Å². The van der Waals surface area contributed by atoms with Gasteiger partial charge in [-0.2, -0.15) is 0 Å². The molecule has 1 amide bonds. The van der Waals surface area contributed by atoms with Gasteiger partial charge in [0.05, 0.1) is 10.5 Å². The molecule has 1 rings (SSSR count). The summed E-state index contributed by atoms with van der Waals surface area (Å²) in [5, 5.41) is 16.7. The van der Waals surface area contributed by atoms with E-state index in [-0.39, 0.29) is 17.3 Å². The summed E-state index contributed by atoms with van der Waals surface area (Å²) in [5.74, 6) is 0.0881. The maximum absolute atomic E-state index is 12.2. The number of hydrogen-bond acceptors (Lipinski definition) is 4. The zero-order chi connectivity index (χ0) is 15.1. The first-order valence-electron chi connectivity index (χ1n) is 6.80. The average molecular weight is 279 g/mol. The molecule has 0 radical (unpaired) electrons. The summed E-state index contributed by atoms with van der Waals surface area (Å²) in [6.07, 6.45) is 0.968. The lowest BCUT2D eigenvalue weighted by atomic mass is 10.1. The van der Waals surface area contributed by atoms with Crippen LogP contribution < -0.4 is 10.6 Å². The first-order valence-corrected chi connectivity index (χ1v) is 6.80. The van der Waals surface area contributed by atoms with E-state index in [1.54, 1.807) is 6.07 Å². The minimum Gasteiger partial charge on any atom is -0.379 e. The molecule has 1 atom stereocenters. The van der Waals surface area contributed by atoms with Gasteiger partial charge in [0.15, 0.2) is 0 Å². The monoisotopic (exact) mass is 279 g/mol. The number of para-hydroxylation sites is 1. The lowest BCUT2D eigenvalue weighted by molar-refractivity contribution is -0.384. The smallest absolute Gasteiger partial charge is 0.293 e. The zero-order valence-corrected chi connectivity index (χ0v) is 12.1. The molecule has 1 aromatic rings. The van der Waals surface area contributed by atoms with Gasteiger partial charge in [0, 0.05) is 19.2 Å². The second kappa shape index (κ2) is 7.47. The first kappa shape index (κ1) is 15.9. The van der Waals surface area contributed by atoms with Gasteiger partial charge < -0.3 is 10.6 Å². The summed E-state index contributed by atoms with van der Waals surface area (Å²) in [6, 6.07) is 4.51. The van der Waals surface area contributed by atoms with Crippen molar-refractivity contribution < 1.29 is 9.72 Å². The zero-order valence-electron chi connectivity index (χ0n) is 12.1. The molecule has 0 saturated carbocycles. The van der Waals surface area contributed by atoms with E-state index in [0.717, 1.165) is 6.42 Å². The van der Waals surface area contributed by atoms with Crippen molar-refractivity contribution in [1.82, 2.24) is 5.32 Å². The average Bonchev–Trinajstić information content (AvgIpc) is 2.44. The van der Waals surface area contributed by atoms with E-state index in [9.17, 15) is 14.9 Å². The summed E-state index contributed by atoms with van der Waals surface area (Å²) in [6.45, 7) is 6.99. The predicted molar refractivity (Wildman–Crippen MR) is 79.0 cm³/mol. The number of rotatable bonds is 7. The minimum absolute atomic E-state index is 0.0805. The second-order valence-electron chi connectivity index (χ2n) is 4.71. The summed E-state index contributed by atoms with van der Waals surface area (Å²) in [7, 11) is 0. The Morgan fingerprint density at radius 3 is 2.65 bits per heavy atom. The van der Waals surface area contributed by atoms with Crippen molar-refractivity contribution in [3.8, 4) is 0 Å². The van der Waals surface area contributed by atoms with Crippen LogP contribution in [-0.2, 0) is 0 Å². The molecule has 20 heavy (non-hydrogen) atoms. The standard InChI is InChI=1S/C14H21N3O3/c1-4-10(3)9-16-14(18)11-7-6-8-12(17(19)20)13(11)15-5-2/h6-8,10,15H,4-5,9H2,1-3H3,(H,16,18). The number of nitro benzene ring substituents is 1. The van der Waals surface area contributed by atoms with Crippen LogP contribution in [0.3, 0.4) is 0 Å². The van der Waals surface area contributed by atoms with Gasteiger partial charge in [-0.15, -0.1) is 0 Å². The number of nitrogens with one attached hydrogen (secondary N) is 2. The summed E-state index contributed by atoms with van der Waals surface area (Å²) in [4.78, 5) is 22.7. The van der Waals surface area contributed by atoms with Crippen molar-refractivity contribution in [2.45, 2.75) is 27.2 Å². The number of nitrogens with zero attached hydrogens (tertiary/aromatic N) is 1. The Morgan fingerprint density at radius 2 is 2.10 bits per heavy atom.